The number of anilines is 1. The van der Waals surface area contributed by atoms with Crippen LogP contribution in [0.1, 0.15) is 70.6 Å². The second-order valence-corrected chi connectivity index (χ2v) is 11.1. The molecule has 0 spiro atoms. The van der Waals surface area contributed by atoms with Crippen LogP contribution in [0.25, 0.3) is 6.08 Å². The number of aromatic nitrogens is 1. The number of carbonyl (C=O) groups is 1. The van der Waals surface area contributed by atoms with Gasteiger partial charge in [0.25, 0.3) is 11.5 Å². The van der Waals surface area contributed by atoms with Gasteiger partial charge in [-0.3, -0.25) is 19.1 Å². The lowest BCUT2D eigenvalue weighted by molar-refractivity contribution is -0.123. The first-order valence-corrected chi connectivity index (χ1v) is 13.1. The number of thiocarbonyl (C=S) groups is 1. The van der Waals surface area contributed by atoms with Crippen molar-refractivity contribution in [3.8, 4) is 6.07 Å². The van der Waals surface area contributed by atoms with Crippen LogP contribution in [0.3, 0.4) is 0 Å². The molecule has 33 heavy (non-hydrogen) atoms. The van der Waals surface area contributed by atoms with Crippen LogP contribution in [0.2, 0.25) is 0 Å². The zero-order valence-corrected chi connectivity index (χ0v) is 22.1. The quantitative estimate of drug-likeness (QED) is 0.420. The van der Waals surface area contributed by atoms with Crippen LogP contribution in [0.15, 0.2) is 9.70 Å². The fraction of sp³-hybridized carbons (Fsp3) is 0.600. The van der Waals surface area contributed by atoms with Gasteiger partial charge in [0.05, 0.1) is 4.91 Å². The number of thioether (sulfide) groups is 1. The minimum Gasteiger partial charge on any atom is -0.357 e. The molecule has 8 heteroatoms. The van der Waals surface area contributed by atoms with E-state index in [1.807, 2.05) is 33.8 Å². The summed E-state index contributed by atoms with van der Waals surface area (Å²) >= 11 is 6.82. The van der Waals surface area contributed by atoms with E-state index in [1.165, 1.54) is 11.8 Å². The first kappa shape index (κ1) is 25.5. The highest BCUT2D eigenvalue weighted by atomic mass is 32.2. The lowest BCUT2D eigenvalue weighted by atomic mass is 9.91. The average Bonchev–Trinajstić information content (AvgIpc) is 3.03. The number of carbonyl (C=O) groups excluding carboxylic acids is 1. The van der Waals surface area contributed by atoms with Crippen molar-refractivity contribution in [3.63, 3.8) is 0 Å². The normalized spacial score (nSPS) is 23.4. The monoisotopic (exact) mass is 486 g/mol. The van der Waals surface area contributed by atoms with E-state index >= 15 is 0 Å². The summed E-state index contributed by atoms with van der Waals surface area (Å²) < 4.78 is 2.31. The molecule has 0 aliphatic carbocycles. The van der Waals surface area contributed by atoms with Gasteiger partial charge in [-0.15, -0.1) is 0 Å². The molecule has 2 saturated heterocycles. The van der Waals surface area contributed by atoms with Crippen molar-refractivity contribution in [2.75, 3.05) is 18.0 Å². The minimum absolute atomic E-state index is 0.0245. The molecule has 3 unspecified atom stereocenters. The molecule has 3 heterocycles. The Hall–Kier alpha value is -2.11. The van der Waals surface area contributed by atoms with Crippen molar-refractivity contribution in [2.45, 2.75) is 73.4 Å². The Morgan fingerprint density at radius 3 is 2.42 bits per heavy atom. The lowest BCUT2D eigenvalue weighted by Gasteiger charge is -2.39. The number of amides is 1. The number of pyridine rings is 1. The van der Waals surface area contributed by atoms with Crippen LogP contribution < -0.4 is 10.5 Å². The number of nitrogens with zero attached hydrogens (tertiary/aromatic N) is 4. The molecule has 3 atom stereocenters. The van der Waals surface area contributed by atoms with Gasteiger partial charge in [0.2, 0.25) is 0 Å². The molecule has 0 radical (unpaired) electrons. The van der Waals surface area contributed by atoms with E-state index in [9.17, 15) is 14.9 Å². The second kappa shape index (κ2) is 10.4. The highest BCUT2D eigenvalue weighted by molar-refractivity contribution is 8.26. The van der Waals surface area contributed by atoms with Crippen LogP contribution in [0.5, 0.6) is 0 Å². The molecule has 2 aliphatic rings. The molecule has 0 aromatic carbocycles. The summed E-state index contributed by atoms with van der Waals surface area (Å²) in [6.07, 6.45) is 4.60. The maximum Gasteiger partial charge on any atom is 0.270 e. The molecule has 0 N–H and O–H groups in total. The Balaban J connectivity index is 2.26. The zero-order chi connectivity index (χ0) is 24.4. The smallest absolute Gasteiger partial charge is 0.270 e. The molecule has 178 valence electrons. The number of piperidine rings is 1. The van der Waals surface area contributed by atoms with Gasteiger partial charge in [-0.25, -0.2) is 0 Å². The van der Waals surface area contributed by atoms with E-state index in [2.05, 4.69) is 24.8 Å². The van der Waals surface area contributed by atoms with Crippen LogP contribution in [-0.4, -0.2) is 38.8 Å². The Kier molecular flexibility index (Phi) is 8.07. The molecular weight excluding hydrogens is 452 g/mol. The van der Waals surface area contributed by atoms with E-state index in [-0.39, 0.29) is 23.1 Å². The predicted molar refractivity (Wildman–Crippen MR) is 140 cm³/mol. The van der Waals surface area contributed by atoms with Crippen molar-refractivity contribution in [1.82, 2.24) is 9.47 Å². The molecule has 3 rings (SSSR count). The van der Waals surface area contributed by atoms with Crippen molar-refractivity contribution in [1.29, 1.82) is 5.26 Å². The standard InChI is InChI=1S/C25H34N4O2S2/c1-7-9-28-22(27-13-15(3)10-16(4)14-27)19(18(6)20(12-26)23(28)30)11-21-24(31)29(17(5)8-2)25(32)33-21/h11,15-17H,7-10,13-14H2,1-6H3/b21-11+. The molecule has 2 fully saturated rings. The van der Waals surface area contributed by atoms with Gasteiger partial charge < -0.3 is 4.90 Å². The number of rotatable bonds is 6. The van der Waals surface area contributed by atoms with Gasteiger partial charge in [-0.05, 0) is 56.6 Å². The van der Waals surface area contributed by atoms with E-state index in [1.54, 1.807) is 9.47 Å². The minimum atomic E-state index is -0.248. The summed E-state index contributed by atoms with van der Waals surface area (Å²) in [7, 11) is 0. The Morgan fingerprint density at radius 2 is 1.88 bits per heavy atom. The van der Waals surface area contributed by atoms with Crippen LogP contribution >= 0.6 is 24.0 Å². The number of nitriles is 1. The van der Waals surface area contributed by atoms with E-state index in [4.69, 9.17) is 12.2 Å². The van der Waals surface area contributed by atoms with Crippen molar-refractivity contribution in [2.24, 2.45) is 11.8 Å². The molecule has 1 amide bonds. The fourth-order valence-electron chi connectivity index (χ4n) is 4.93. The van der Waals surface area contributed by atoms with E-state index in [0.29, 0.717) is 33.2 Å². The lowest BCUT2D eigenvalue weighted by Crippen LogP contribution is -2.43. The first-order chi connectivity index (χ1) is 15.6. The van der Waals surface area contributed by atoms with Gasteiger partial charge in [0.1, 0.15) is 21.8 Å². The van der Waals surface area contributed by atoms with E-state index in [0.717, 1.165) is 43.7 Å². The van der Waals surface area contributed by atoms with Crippen molar-refractivity contribution in [3.05, 3.63) is 31.9 Å². The van der Waals surface area contributed by atoms with E-state index < -0.39 is 0 Å². The molecule has 6 nitrogen and oxygen atoms in total. The highest BCUT2D eigenvalue weighted by Gasteiger charge is 2.36. The summed E-state index contributed by atoms with van der Waals surface area (Å²) in [5.74, 6) is 1.71. The summed E-state index contributed by atoms with van der Waals surface area (Å²) in [6, 6.07) is 2.15. The molecular formula is C25H34N4O2S2. The third-order valence-corrected chi connectivity index (χ3v) is 7.92. The molecule has 2 aliphatic heterocycles. The first-order valence-electron chi connectivity index (χ1n) is 11.8. The summed E-state index contributed by atoms with van der Waals surface area (Å²) in [6.45, 7) is 14.6. The highest BCUT2D eigenvalue weighted by Crippen LogP contribution is 2.38. The summed E-state index contributed by atoms with van der Waals surface area (Å²) in [5, 5.41) is 9.80. The van der Waals surface area contributed by atoms with Crippen LogP contribution in [0.4, 0.5) is 5.82 Å². The topological polar surface area (TPSA) is 69.3 Å². The van der Waals surface area contributed by atoms with Gasteiger partial charge in [0, 0.05) is 31.2 Å². The van der Waals surface area contributed by atoms with Crippen LogP contribution in [0, 0.1) is 30.1 Å². The predicted octanol–water partition coefficient (Wildman–Crippen LogP) is 4.92. The van der Waals surface area contributed by atoms with Crippen molar-refractivity contribution >= 4 is 46.1 Å². The molecule has 0 saturated carbocycles. The average molecular weight is 487 g/mol. The largest absolute Gasteiger partial charge is 0.357 e. The van der Waals surface area contributed by atoms with Gasteiger partial charge in [0.15, 0.2) is 0 Å². The summed E-state index contributed by atoms with van der Waals surface area (Å²) in [4.78, 5) is 31.1. The maximum absolute atomic E-state index is 13.3. The molecule has 1 aromatic rings. The number of hydrogen-bond donors (Lipinski definition) is 0. The van der Waals surface area contributed by atoms with Crippen LogP contribution in [-0.2, 0) is 11.3 Å². The molecule has 0 bridgehead atoms. The third kappa shape index (κ3) is 4.90. The maximum atomic E-state index is 13.3. The van der Waals surface area contributed by atoms with Gasteiger partial charge >= 0.3 is 0 Å². The Morgan fingerprint density at radius 1 is 1.24 bits per heavy atom. The Labute approximate surface area is 206 Å². The molecule has 1 aromatic heterocycles. The zero-order valence-electron chi connectivity index (χ0n) is 20.5. The SMILES string of the molecule is CCCn1c(N2CC(C)CC(C)C2)c(/C=C2/SC(=S)N(C(C)CC)C2=O)c(C)c(C#N)c1=O. The van der Waals surface area contributed by atoms with Crippen molar-refractivity contribution < 1.29 is 4.79 Å². The van der Waals surface area contributed by atoms with Gasteiger partial charge in [-0.2, -0.15) is 5.26 Å². The third-order valence-electron chi connectivity index (χ3n) is 6.59. The summed E-state index contributed by atoms with van der Waals surface area (Å²) in [5.41, 5.74) is 1.31. The second-order valence-electron chi connectivity index (χ2n) is 9.47. The Bertz CT molecular complexity index is 1080. The van der Waals surface area contributed by atoms with Gasteiger partial charge in [-0.1, -0.05) is 51.7 Å². The number of hydrogen-bond acceptors (Lipinski definition) is 6. The fourth-order valence-corrected chi connectivity index (χ4v) is 6.37.